The Labute approximate surface area is 95.9 Å². The molecule has 0 unspecified atom stereocenters. The van der Waals surface area contributed by atoms with Crippen molar-refractivity contribution < 1.29 is 18.0 Å². The molecule has 0 aliphatic carbocycles. The Morgan fingerprint density at radius 1 is 1.00 bits per heavy atom. The van der Waals surface area contributed by atoms with Crippen LogP contribution in [0.5, 0.6) is 0 Å². The lowest BCUT2D eigenvalue weighted by molar-refractivity contribution is -0.0885. The van der Waals surface area contributed by atoms with E-state index in [1.54, 1.807) is 12.1 Å². The number of carbonyl (C=O) groups excluding carboxylic acids is 1. The normalized spacial score (nSPS) is 11.8. The van der Waals surface area contributed by atoms with Crippen LogP contribution < -0.4 is 0 Å². The molecule has 4 heteroatoms. The van der Waals surface area contributed by atoms with Gasteiger partial charge in [0.25, 0.3) is 5.78 Å². The Morgan fingerprint density at radius 3 is 2.24 bits per heavy atom. The van der Waals surface area contributed by atoms with Gasteiger partial charge in [-0.3, -0.25) is 4.79 Å². The summed E-state index contributed by atoms with van der Waals surface area (Å²) in [5.41, 5.74) is 0.696. The van der Waals surface area contributed by atoms with Crippen molar-refractivity contribution in [1.29, 1.82) is 0 Å². The Kier molecular flexibility index (Phi) is 2.65. The van der Waals surface area contributed by atoms with Gasteiger partial charge in [0, 0.05) is 5.56 Å². The standard InChI is InChI=1S/C13H9F3O/c1-8-2-3-10-7-11(5-4-9(10)6-8)12(17)13(14,15)16/h2-7H,1H3. The predicted octanol–water partition coefficient (Wildman–Crippen LogP) is 3.89. The minimum absolute atomic E-state index is 0.325. The largest absolute Gasteiger partial charge is 0.454 e. The van der Waals surface area contributed by atoms with Crippen LogP contribution in [-0.2, 0) is 0 Å². The highest BCUT2D eigenvalue weighted by atomic mass is 19.4. The molecule has 0 heterocycles. The highest BCUT2D eigenvalue weighted by Gasteiger charge is 2.39. The molecular weight excluding hydrogens is 229 g/mol. The number of aryl methyl sites for hydroxylation is 1. The molecule has 0 N–H and O–H groups in total. The molecule has 0 saturated carbocycles. The van der Waals surface area contributed by atoms with Crippen LogP contribution in [0.4, 0.5) is 13.2 Å². The lowest BCUT2D eigenvalue weighted by Gasteiger charge is -2.06. The van der Waals surface area contributed by atoms with Gasteiger partial charge in [0.1, 0.15) is 0 Å². The molecule has 0 atom stereocenters. The van der Waals surface area contributed by atoms with E-state index in [0.29, 0.717) is 5.39 Å². The van der Waals surface area contributed by atoms with Crippen LogP contribution in [0, 0.1) is 6.92 Å². The number of ketones is 1. The average Bonchev–Trinajstić information content (AvgIpc) is 2.26. The maximum Gasteiger partial charge on any atom is 0.454 e. The molecule has 88 valence electrons. The van der Waals surface area contributed by atoms with Gasteiger partial charge >= 0.3 is 6.18 Å². The van der Waals surface area contributed by atoms with Crippen LogP contribution in [-0.4, -0.2) is 12.0 Å². The summed E-state index contributed by atoms with van der Waals surface area (Å²) in [6.45, 7) is 1.90. The van der Waals surface area contributed by atoms with Gasteiger partial charge in [-0.1, -0.05) is 35.9 Å². The third-order valence-electron chi connectivity index (χ3n) is 2.52. The summed E-state index contributed by atoms with van der Waals surface area (Å²) in [5.74, 6) is -1.81. The molecule has 0 aliphatic rings. The van der Waals surface area contributed by atoms with Crippen LogP contribution in [0.15, 0.2) is 36.4 Å². The number of fused-ring (bicyclic) bond motifs is 1. The number of carbonyl (C=O) groups is 1. The average molecular weight is 238 g/mol. The summed E-state index contributed by atoms with van der Waals surface area (Å²) >= 11 is 0. The fourth-order valence-corrected chi connectivity index (χ4v) is 1.67. The predicted molar refractivity (Wildman–Crippen MR) is 59.1 cm³/mol. The summed E-state index contributed by atoms with van der Waals surface area (Å²) in [5, 5.41) is 1.45. The maximum atomic E-state index is 12.2. The van der Waals surface area contributed by atoms with Crippen molar-refractivity contribution in [2.24, 2.45) is 0 Å². The Bertz CT molecular complexity index is 585. The van der Waals surface area contributed by atoms with Gasteiger partial charge in [0.05, 0.1) is 0 Å². The number of halogens is 3. The first-order valence-electron chi connectivity index (χ1n) is 5.00. The topological polar surface area (TPSA) is 17.1 Å². The van der Waals surface area contributed by atoms with Crippen molar-refractivity contribution in [2.45, 2.75) is 13.1 Å². The maximum absolute atomic E-state index is 12.2. The van der Waals surface area contributed by atoms with E-state index in [1.807, 2.05) is 13.0 Å². The third kappa shape index (κ3) is 2.30. The van der Waals surface area contributed by atoms with Crippen molar-refractivity contribution in [3.05, 3.63) is 47.5 Å². The smallest absolute Gasteiger partial charge is 0.284 e. The van der Waals surface area contributed by atoms with Crippen LogP contribution >= 0.6 is 0 Å². The fraction of sp³-hybridized carbons (Fsp3) is 0.154. The lowest BCUT2D eigenvalue weighted by atomic mass is 10.0. The fourth-order valence-electron chi connectivity index (χ4n) is 1.67. The van der Waals surface area contributed by atoms with Gasteiger partial charge in [-0.25, -0.2) is 0 Å². The van der Waals surface area contributed by atoms with E-state index in [4.69, 9.17) is 0 Å². The quantitative estimate of drug-likeness (QED) is 0.689. The first-order chi connectivity index (χ1) is 7.88. The molecule has 0 aliphatic heterocycles. The zero-order chi connectivity index (χ0) is 12.6. The molecule has 0 bridgehead atoms. The van der Waals surface area contributed by atoms with E-state index < -0.39 is 12.0 Å². The Morgan fingerprint density at radius 2 is 1.59 bits per heavy atom. The summed E-state index contributed by atoms with van der Waals surface area (Å²) < 4.78 is 36.7. The number of hydrogen-bond acceptors (Lipinski definition) is 1. The van der Waals surface area contributed by atoms with Crippen molar-refractivity contribution >= 4 is 16.6 Å². The van der Waals surface area contributed by atoms with Crippen LogP contribution in [0.2, 0.25) is 0 Å². The summed E-state index contributed by atoms with van der Waals surface area (Å²) in [6, 6.07) is 9.36. The van der Waals surface area contributed by atoms with Crippen LogP contribution in [0.3, 0.4) is 0 Å². The molecule has 0 amide bonds. The van der Waals surface area contributed by atoms with Crippen molar-refractivity contribution in [2.75, 3.05) is 0 Å². The lowest BCUT2D eigenvalue weighted by Crippen LogP contribution is -2.22. The summed E-state index contributed by atoms with van der Waals surface area (Å²) in [4.78, 5) is 11.1. The third-order valence-corrected chi connectivity index (χ3v) is 2.52. The molecule has 2 aromatic carbocycles. The second-order valence-electron chi connectivity index (χ2n) is 3.89. The van der Waals surface area contributed by atoms with Gasteiger partial charge < -0.3 is 0 Å². The number of rotatable bonds is 1. The van der Waals surface area contributed by atoms with Crippen molar-refractivity contribution in [3.8, 4) is 0 Å². The van der Waals surface area contributed by atoms with E-state index in [0.717, 1.165) is 10.9 Å². The van der Waals surface area contributed by atoms with Gasteiger partial charge in [0.15, 0.2) is 0 Å². The van der Waals surface area contributed by atoms with E-state index in [9.17, 15) is 18.0 Å². The van der Waals surface area contributed by atoms with Crippen molar-refractivity contribution in [1.82, 2.24) is 0 Å². The van der Waals surface area contributed by atoms with E-state index in [2.05, 4.69) is 0 Å². The molecular formula is C13H9F3O. The number of alkyl halides is 3. The van der Waals surface area contributed by atoms with Crippen molar-refractivity contribution in [3.63, 3.8) is 0 Å². The summed E-state index contributed by atoms with van der Waals surface area (Å²) in [7, 11) is 0. The van der Waals surface area contributed by atoms with Gasteiger partial charge in [-0.05, 0) is 23.8 Å². The zero-order valence-electron chi connectivity index (χ0n) is 9.01. The molecule has 2 rings (SSSR count). The first kappa shape index (κ1) is 11.6. The molecule has 2 aromatic rings. The Balaban J connectivity index is 2.52. The minimum Gasteiger partial charge on any atom is -0.284 e. The SMILES string of the molecule is Cc1ccc2cc(C(=O)C(F)(F)F)ccc2c1. The molecule has 17 heavy (non-hydrogen) atoms. The second-order valence-corrected chi connectivity index (χ2v) is 3.89. The van der Waals surface area contributed by atoms with Gasteiger partial charge in [-0.15, -0.1) is 0 Å². The monoisotopic (exact) mass is 238 g/mol. The van der Waals surface area contributed by atoms with E-state index >= 15 is 0 Å². The van der Waals surface area contributed by atoms with E-state index in [-0.39, 0.29) is 5.56 Å². The molecule has 0 fully saturated rings. The number of hydrogen-bond donors (Lipinski definition) is 0. The molecule has 1 nitrogen and oxygen atoms in total. The molecule has 0 radical (unpaired) electrons. The zero-order valence-corrected chi connectivity index (χ0v) is 9.01. The Hall–Kier alpha value is -1.84. The molecule has 0 saturated heterocycles. The van der Waals surface area contributed by atoms with Crippen LogP contribution in [0.1, 0.15) is 15.9 Å². The minimum atomic E-state index is -4.82. The molecule has 0 aromatic heterocycles. The van der Waals surface area contributed by atoms with Gasteiger partial charge in [-0.2, -0.15) is 13.2 Å². The van der Waals surface area contributed by atoms with Gasteiger partial charge in [0.2, 0.25) is 0 Å². The molecule has 0 spiro atoms. The van der Waals surface area contributed by atoms with E-state index in [1.165, 1.54) is 18.2 Å². The highest BCUT2D eigenvalue weighted by Crippen LogP contribution is 2.24. The summed E-state index contributed by atoms with van der Waals surface area (Å²) in [6.07, 6.45) is -4.82. The highest BCUT2D eigenvalue weighted by molar-refractivity contribution is 6.03. The van der Waals surface area contributed by atoms with Crippen LogP contribution in [0.25, 0.3) is 10.8 Å². The number of Topliss-reactive ketones (excluding diaryl/α,β-unsaturated/α-hetero) is 1. The number of benzene rings is 2. The second kappa shape index (κ2) is 3.87. The first-order valence-corrected chi connectivity index (χ1v) is 5.00.